The second-order valence-electron chi connectivity index (χ2n) is 4.13. The topological polar surface area (TPSA) is 91.2 Å². The molecular formula is C13H21NO5. The molecule has 2 atom stereocenters. The second kappa shape index (κ2) is 7.96. The van der Waals surface area contributed by atoms with Crippen LogP contribution in [0.25, 0.3) is 0 Å². The molecule has 6 heteroatoms. The number of nitrogens with one attached hydrogen (secondary N) is 1. The number of benzene rings is 1. The van der Waals surface area contributed by atoms with Crippen molar-refractivity contribution in [2.24, 2.45) is 0 Å². The minimum Gasteiger partial charge on any atom is -0.497 e. The van der Waals surface area contributed by atoms with Crippen LogP contribution in [-0.2, 0) is 6.54 Å². The maximum Gasteiger partial charge on any atom is 0.127 e. The maximum atomic E-state index is 9.48. The van der Waals surface area contributed by atoms with Gasteiger partial charge in [0, 0.05) is 24.7 Å². The average Bonchev–Trinajstić information content (AvgIpc) is 2.46. The van der Waals surface area contributed by atoms with Crippen molar-refractivity contribution in [1.82, 2.24) is 5.32 Å². The van der Waals surface area contributed by atoms with Crippen LogP contribution in [0.1, 0.15) is 5.56 Å². The van der Waals surface area contributed by atoms with E-state index in [9.17, 15) is 10.2 Å². The number of hydrogen-bond donors (Lipinski definition) is 4. The lowest BCUT2D eigenvalue weighted by Gasteiger charge is -2.17. The van der Waals surface area contributed by atoms with Crippen LogP contribution in [0, 0.1) is 0 Å². The van der Waals surface area contributed by atoms with E-state index in [-0.39, 0.29) is 6.54 Å². The molecule has 0 bridgehead atoms. The van der Waals surface area contributed by atoms with Crippen molar-refractivity contribution in [1.29, 1.82) is 0 Å². The van der Waals surface area contributed by atoms with Crippen LogP contribution in [0.3, 0.4) is 0 Å². The smallest absolute Gasteiger partial charge is 0.127 e. The Balaban J connectivity index is 2.53. The van der Waals surface area contributed by atoms with E-state index in [0.717, 1.165) is 5.56 Å². The molecule has 19 heavy (non-hydrogen) atoms. The van der Waals surface area contributed by atoms with Crippen LogP contribution in [0.4, 0.5) is 0 Å². The quantitative estimate of drug-likeness (QED) is 0.510. The summed E-state index contributed by atoms with van der Waals surface area (Å²) >= 11 is 0. The molecule has 1 aromatic carbocycles. The Morgan fingerprint density at radius 2 is 1.89 bits per heavy atom. The van der Waals surface area contributed by atoms with Gasteiger partial charge in [-0.05, 0) is 6.07 Å². The van der Waals surface area contributed by atoms with Gasteiger partial charge in [-0.1, -0.05) is 6.07 Å². The number of ether oxygens (including phenoxy) is 2. The molecule has 0 aromatic heterocycles. The van der Waals surface area contributed by atoms with E-state index in [2.05, 4.69) is 5.32 Å². The minimum absolute atomic E-state index is 0.177. The lowest BCUT2D eigenvalue weighted by atomic mass is 10.1. The van der Waals surface area contributed by atoms with Crippen molar-refractivity contribution in [3.8, 4) is 11.5 Å². The molecule has 0 saturated heterocycles. The summed E-state index contributed by atoms with van der Waals surface area (Å²) in [5.74, 6) is 1.39. The molecule has 0 spiro atoms. The first kappa shape index (κ1) is 15.7. The van der Waals surface area contributed by atoms with E-state index in [1.807, 2.05) is 12.1 Å². The first-order valence-corrected chi connectivity index (χ1v) is 6.01. The third-order valence-electron chi connectivity index (χ3n) is 2.79. The minimum atomic E-state index is -1.13. The van der Waals surface area contributed by atoms with Crippen molar-refractivity contribution in [3.05, 3.63) is 23.8 Å². The highest BCUT2D eigenvalue weighted by Gasteiger charge is 2.14. The Kier molecular flexibility index (Phi) is 6.58. The van der Waals surface area contributed by atoms with Crippen molar-refractivity contribution in [3.63, 3.8) is 0 Å². The summed E-state index contributed by atoms with van der Waals surface area (Å²) < 4.78 is 10.3. The molecule has 6 nitrogen and oxygen atoms in total. The van der Waals surface area contributed by atoms with Gasteiger partial charge in [0.05, 0.1) is 26.9 Å². The van der Waals surface area contributed by atoms with Gasteiger partial charge in [-0.25, -0.2) is 0 Å². The molecule has 2 unspecified atom stereocenters. The highest BCUT2D eigenvalue weighted by Crippen LogP contribution is 2.24. The van der Waals surface area contributed by atoms with Crippen molar-refractivity contribution < 1.29 is 24.8 Å². The van der Waals surface area contributed by atoms with Gasteiger partial charge in [0.1, 0.15) is 17.6 Å². The Morgan fingerprint density at radius 3 is 2.47 bits per heavy atom. The van der Waals surface area contributed by atoms with Crippen LogP contribution in [0.15, 0.2) is 18.2 Å². The highest BCUT2D eigenvalue weighted by atomic mass is 16.5. The summed E-state index contributed by atoms with van der Waals surface area (Å²) in [6.45, 7) is 0.188. The standard InChI is InChI=1S/C13H21NO5/c1-18-10-4-3-9(13(5-10)19-2)6-14-7-11(16)12(17)8-15/h3-5,11-12,14-17H,6-8H2,1-2H3. The van der Waals surface area contributed by atoms with Crippen molar-refractivity contribution >= 4 is 0 Å². The fourth-order valence-electron chi connectivity index (χ4n) is 1.61. The van der Waals surface area contributed by atoms with Gasteiger partial charge in [0.2, 0.25) is 0 Å². The fourth-order valence-corrected chi connectivity index (χ4v) is 1.61. The van der Waals surface area contributed by atoms with Crippen molar-refractivity contribution in [2.45, 2.75) is 18.8 Å². The molecule has 0 aliphatic carbocycles. The Hall–Kier alpha value is -1.34. The Bertz CT molecular complexity index is 385. The summed E-state index contributed by atoms with van der Waals surface area (Å²) in [5.41, 5.74) is 0.911. The van der Waals surface area contributed by atoms with E-state index in [0.29, 0.717) is 18.0 Å². The summed E-state index contributed by atoms with van der Waals surface area (Å²) in [6, 6.07) is 5.45. The molecule has 108 valence electrons. The monoisotopic (exact) mass is 271 g/mol. The van der Waals surface area contributed by atoms with Crippen LogP contribution < -0.4 is 14.8 Å². The number of aliphatic hydroxyl groups is 3. The van der Waals surface area contributed by atoms with Crippen LogP contribution in [-0.4, -0.2) is 54.9 Å². The normalized spacial score (nSPS) is 13.9. The van der Waals surface area contributed by atoms with E-state index in [4.69, 9.17) is 14.6 Å². The van der Waals surface area contributed by atoms with Gasteiger partial charge >= 0.3 is 0 Å². The average molecular weight is 271 g/mol. The first-order valence-electron chi connectivity index (χ1n) is 6.01. The Labute approximate surface area is 112 Å². The third-order valence-corrected chi connectivity index (χ3v) is 2.79. The first-order chi connectivity index (χ1) is 9.12. The molecule has 0 fully saturated rings. The molecule has 0 heterocycles. The van der Waals surface area contributed by atoms with Gasteiger partial charge in [-0.15, -0.1) is 0 Å². The summed E-state index contributed by atoms with van der Waals surface area (Å²) in [7, 11) is 3.15. The summed E-state index contributed by atoms with van der Waals surface area (Å²) in [4.78, 5) is 0. The van der Waals surface area contributed by atoms with Crippen LogP contribution in [0.2, 0.25) is 0 Å². The van der Waals surface area contributed by atoms with Gasteiger partial charge in [0.15, 0.2) is 0 Å². The van der Waals surface area contributed by atoms with Gasteiger partial charge in [-0.3, -0.25) is 0 Å². The summed E-state index contributed by atoms with van der Waals surface area (Å²) in [6.07, 6.45) is -2.14. The number of methoxy groups -OCH3 is 2. The zero-order chi connectivity index (χ0) is 14.3. The molecule has 0 aliphatic rings. The molecule has 1 rings (SSSR count). The number of hydrogen-bond acceptors (Lipinski definition) is 6. The van der Waals surface area contributed by atoms with E-state index < -0.39 is 18.8 Å². The van der Waals surface area contributed by atoms with Crippen LogP contribution >= 0.6 is 0 Å². The largest absolute Gasteiger partial charge is 0.497 e. The Morgan fingerprint density at radius 1 is 1.16 bits per heavy atom. The predicted molar refractivity (Wildman–Crippen MR) is 70.4 cm³/mol. The predicted octanol–water partition coefficient (Wildman–Crippen LogP) is -0.493. The zero-order valence-electron chi connectivity index (χ0n) is 11.2. The van der Waals surface area contributed by atoms with Crippen molar-refractivity contribution in [2.75, 3.05) is 27.4 Å². The van der Waals surface area contributed by atoms with Gasteiger partial charge in [0.25, 0.3) is 0 Å². The SMILES string of the molecule is COc1ccc(CNCC(O)C(O)CO)c(OC)c1. The highest BCUT2D eigenvalue weighted by molar-refractivity contribution is 5.40. The molecule has 1 aromatic rings. The van der Waals surface area contributed by atoms with Crippen LogP contribution in [0.5, 0.6) is 11.5 Å². The van der Waals surface area contributed by atoms with Gasteiger partial charge in [-0.2, -0.15) is 0 Å². The van der Waals surface area contributed by atoms with E-state index >= 15 is 0 Å². The molecule has 0 amide bonds. The molecule has 0 radical (unpaired) electrons. The number of rotatable bonds is 8. The fraction of sp³-hybridized carbons (Fsp3) is 0.538. The third kappa shape index (κ3) is 4.68. The van der Waals surface area contributed by atoms with E-state index in [1.165, 1.54) is 0 Å². The lowest BCUT2D eigenvalue weighted by molar-refractivity contribution is -0.0130. The molecule has 0 aliphatic heterocycles. The number of aliphatic hydroxyl groups excluding tert-OH is 3. The van der Waals surface area contributed by atoms with Gasteiger partial charge < -0.3 is 30.1 Å². The molecule has 4 N–H and O–H groups in total. The zero-order valence-corrected chi connectivity index (χ0v) is 11.2. The summed E-state index contributed by atoms with van der Waals surface area (Å²) in [5, 5.41) is 30.4. The molecule has 0 saturated carbocycles. The second-order valence-corrected chi connectivity index (χ2v) is 4.13. The lowest BCUT2D eigenvalue weighted by Crippen LogP contribution is -2.38. The molecular weight excluding hydrogens is 250 g/mol. The van der Waals surface area contributed by atoms with E-state index in [1.54, 1.807) is 20.3 Å². The maximum absolute atomic E-state index is 9.48.